The van der Waals surface area contributed by atoms with Crippen molar-refractivity contribution in [3.8, 4) is 0 Å². The van der Waals surface area contributed by atoms with Crippen molar-refractivity contribution in [2.45, 2.75) is 23.6 Å². The highest BCUT2D eigenvalue weighted by molar-refractivity contribution is 8.02. The number of esters is 1. The molecule has 160 valence electrons. The van der Waals surface area contributed by atoms with Gasteiger partial charge in [-0.3, -0.25) is 4.79 Å². The van der Waals surface area contributed by atoms with Gasteiger partial charge < -0.3 is 25.8 Å². The highest BCUT2D eigenvalue weighted by Gasteiger charge is 2.54. The average molecular weight is 439 g/mol. The van der Waals surface area contributed by atoms with E-state index in [9.17, 15) is 14.4 Å². The molecule has 2 aromatic rings. The number of benzene rings is 2. The number of nitrogens with two attached hydrogens (primary N) is 2. The summed E-state index contributed by atoms with van der Waals surface area (Å²) in [5.41, 5.74) is 12.9. The van der Waals surface area contributed by atoms with E-state index < -0.39 is 30.3 Å². The molecule has 0 saturated carbocycles. The van der Waals surface area contributed by atoms with Crippen LogP contribution in [0.25, 0.3) is 0 Å². The number of ether oxygens (including phenoxy) is 2. The first-order valence-electron chi connectivity index (χ1n) is 9.62. The molecular formula is C22H21N3O5S. The van der Waals surface area contributed by atoms with Crippen molar-refractivity contribution in [3.63, 3.8) is 0 Å². The smallest absolute Gasteiger partial charge is 0.404 e. The van der Waals surface area contributed by atoms with E-state index in [4.69, 9.17) is 20.9 Å². The van der Waals surface area contributed by atoms with Gasteiger partial charge in [0.15, 0.2) is 12.1 Å². The Balaban J connectivity index is 1.64. The van der Waals surface area contributed by atoms with Crippen LogP contribution < -0.4 is 11.5 Å². The third-order valence-corrected chi connectivity index (χ3v) is 6.39. The summed E-state index contributed by atoms with van der Waals surface area (Å²) in [4.78, 5) is 38.3. The molecule has 0 bridgehead atoms. The number of carbonyl (C=O) groups is 3. The molecule has 2 unspecified atom stereocenters. The molecule has 0 radical (unpaired) electrons. The Bertz CT molecular complexity index is 975. The molecule has 2 aromatic carbocycles. The second-order valence-corrected chi connectivity index (χ2v) is 8.13. The normalized spacial score (nSPS) is 22.3. The number of thioether (sulfide) groups is 1. The van der Waals surface area contributed by atoms with Gasteiger partial charge in [0.2, 0.25) is 5.91 Å². The standard InChI is InChI=1S/C22H21N3O5S/c23-16-19(26)25-17(15(11-29-22(24)28)12-31-20(16)25)21(27)30-18(13-7-3-1-4-8-13)14-9-5-2-6-10-14/h1-10,12,16-18,20H,11,23H2,(H2,24,28)/t16?,17?,20-/m1/s1. The SMILES string of the molecule is NC(=O)OCC1=CS[C@@H]2C(N)C(=O)N2C1C(=O)OC(c1ccccc1)c1ccccc1. The lowest BCUT2D eigenvalue weighted by Gasteiger charge is -2.50. The monoisotopic (exact) mass is 439 g/mol. The molecule has 3 atom stereocenters. The van der Waals surface area contributed by atoms with Crippen LogP contribution in [0.5, 0.6) is 0 Å². The van der Waals surface area contributed by atoms with Gasteiger partial charge in [0.05, 0.1) is 0 Å². The quantitative estimate of drug-likeness (QED) is 0.520. The van der Waals surface area contributed by atoms with E-state index >= 15 is 0 Å². The molecule has 0 spiro atoms. The lowest BCUT2D eigenvalue weighted by atomic mass is 9.98. The minimum absolute atomic E-state index is 0.227. The average Bonchev–Trinajstić information content (AvgIpc) is 2.80. The van der Waals surface area contributed by atoms with Gasteiger partial charge in [-0.25, -0.2) is 9.59 Å². The first kappa shape index (κ1) is 21.0. The Hall–Kier alpha value is -3.30. The number of β-lactam (4-membered cyclic amide) rings is 1. The number of nitrogens with zero attached hydrogens (tertiary/aromatic N) is 1. The highest BCUT2D eigenvalue weighted by atomic mass is 32.2. The minimum Gasteiger partial charge on any atom is -0.451 e. The maximum absolute atomic E-state index is 13.4. The zero-order chi connectivity index (χ0) is 22.0. The molecule has 0 aromatic heterocycles. The maximum Gasteiger partial charge on any atom is 0.404 e. The fraction of sp³-hybridized carbons (Fsp3) is 0.227. The lowest BCUT2D eigenvalue weighted by molar-refractivity contribution is -0.164. The van der Waals surface area contributed by atoms with E-state index in [2.05, 4.69) is 0 Å². The molecule has 2 aliphatic rings. The Labute approximate surface area is 183 Å². The summed E-state index contributed by atoms with van der Waals surface area (Å²) in [6, 6.07) is 16.9. The fourth-order valence-corrected chi connectivity index (χ4v) is 4.79. The number of amides is 2. The van der Waals surface area contributed by atoms with E-state index in [0.29, 0.717) is 5.57 Å². The van der Waals surface area contributed by atoms with Crippen molar-refractivity contribution >= 4 is 29.7 Å². The third kappa shape index (κ3) is 4.14. The summed E-state index contributed by atoms with van der Waals surface area (Å²) in [5, 5.41) is 1.30. The van der Waals surface area contributed by atoms with Crippen LogP contribution in [0.3, 0.4) is 0 Å². The van der Waals surface area contributed by atoms with Crippen LogP contribution in [0.2, 0.25) is 0 Å². The van der Waals surface area contributed by atoms with Crippen LogP contribution in [-0.2, 0) is 19.1 Å². The number of fused-ring (bicyclic) bond motifs is 1. The topological polar surface area (TPSA) is 125 Å². The Kier molecular flexibility index (Phi) is 5.97. The van der Waals surface area contributed by atoms with E-state index in [1.54, 1.807) is 5.41 Å². The molecule has 4 rings (SSSR count). The van der Waals surface area contributed by atoms with Crippen molar-refractivity contribution in [1.82, 2.24) is 4.90 Å². The van der Waals surface area contributed by atoms with Crippen molar-refractivity contribution in [2.75, 3.05) is 6.61 Å². The molecule has 2 amide bonds. The molecule has 8 nitrogen and oxygen atoms in total. The number of primary amides is 1. The predicted molar refractivity (Wildman–Crippen MR) is 114 cm³/mol. The fourth-order valence-electron chi connectivity index (χ4n) is 3.63. The van der Waals surface area contributed by atoms with Crippen LogP contribution in [0, 0.1) is 0 Å². The van der Waals surface area contributed by atoms with E-state index in [0.717, 1.165) is 11.1 Å². The molecule has 1 fully saturated rings. The molecule has 2 heterocycles. The molecule has 4 N–H and O–H groups in total. The van der Waals surface area contributed by atoms with Gasteiger partial charge in [0.25, 0.3) is 0 Å². The van der Waals surface area contributed by atoms with Gasteiger partial charge in [-0.05, 0) is 16.5 Å². The summed E-state index contributed by atoms with van der Waals surface area (Å²) >= 11 is 1.30. The van der Waals surface area contributed by atoms with Crippen LogP contribution in [-0.4, -0.2) is 46.9 Å². The van der Waals surface area contributed by atoms with Gasteiger partial charge in [0, 0.05) is 5.57 Å². The molecular weight excluding hydrogens is 418 g/mol. The molecule has 31 heavy (non-hydrogen) atoms. The summed E-state index contributed by atoms with van der Waals surface area (Å²) in [6.45, 7) is -0.227. The summed E-state index contributed by atoms with van der Waals surface area (Å²) in [6.07, 6.45) is -1.65. The Morgan fingerprint density at radius 1 is 1.03 bits per heavy atom. The molecule has 1 saturated heterocycles. The van der Waals surface area contributed by atoms with Crippen molar-refractivity contribution < 1.29 is 23.9 Å². The summed E-state index contributed by atoms with van der Waals surface area (Å²) < 4.78 is 10.8. The molecule has 2 aliphatic heterocycles. The number of hydrogen-bond donors (Lipinski definition) is 2. The van der Waals surface area contributed by atoms with Crippen molar-refractivity contribution in [3.05, 3.63) is 82.8 Å². The van der Waals surface area contributed by atoms with E-state index in [-0.39, 0.29) is 17.9 Å². The van der Waals surface area contributed by atoms with Gasteiger partial charge >= 0.3 is 12.1 Å². The number of rotatable bonds is 6. The van der Waals surface area contributed by atoms with E-state index in [1.807, 2.05) is 60.7 Å². The zero-order valence-corrected chi connectivity index (χ0v) is 17.2. The van der Waals surface area contributed by atoms with E-state index in [1.165, 1.54) is 16.7 Å². The summed E-state index contributed by atoms with van der Waals surface area (Å²) in [7, 11) is 0. The molecule has 9 heteroatoms. The van der Waals surface area contributed by atoms with Crippen LogP contribution in [0.4, 0.5) is 4.79 Å². The van der Waals surface area contributed by atoms with Crippen LogP contribution in [0.1, 0.15) is 17.2 Å². The van der Waals surface area contributed by atoms with Crippen molar-refractivity contribution in [2.24, 2.45) is 11.5 Å². The van der Waals surface area contributed by atoms with Gasteiger partial charge in [0.1, 0.15) is 18.0 Å². The summed E-state index contributed by atoms with van der Waals surface area (Å²) in [5.74, 6) is -0.998. The minimum atomic E-state index is -1.05. The third-order valence-electron chi connectivity index (χ3n) is 5.15. The lowest BCUT2D eigenvalue weighted by Crippen LogP contribution is -2.72. The maximum atomic E-state index is 13.4. The largest absolute Gasteiger partial charge is 0.451 e. The van der Waals surface area contributed by atoms with Crippen LogP contribution in [0.15, 0.2) is 71.6 Å². The Morgan fingerprint density at radius 3 is 2.16 bits per heavy atom. The predicted octanol–water partition coefficient (Wildman–Crippen LogP) is 1.91. The van der Waals surface area contributed by atoms with Gasteiger partial charge in [-0.15, -0.1) is 11.8 Å². The van der Waals surface area contributed by atoms with Gasteiger partial charge in [-0.2, -0.15) is 0 Å². The number of carbonyl (C=O) groups excluding carboxylic acids is 3. The second-order valence-electron chi connectivity index (χ2n) is 7.14. The zero-order valence-electron chi connectivity index (χ0n) is 16.4. The van der Waals surface area contributed by atoms with Gasteiger partial charge in [-0.1, -0.05) is 60.7 Å². The molecule has 0 aliphatic carbocycles. The number of hydrogen-bond acceptors (Lipinski definition) is 7. The first-order chi connectivity index (χ1) is 15.0. The second kappa shape index (κ2) is 8.83. The van der Waals surface area contributed by atoms with Crippen molar-refractivity contribution in [1.29, 1.82) is 0 Å². The van der Waals surface area contributed by atoms with Crippen LogP contribution >= 0.6 is 11.8 Å². The first-order valence-corrected chi connectivity index (χ1v) is 10.6. The highest BCUT2D eigenvalue weighted by Crippen LogP contribution is 2.40. The Morgan fingerprint density at radius 2 is 1.61 bits per heavy atom.